The molecule has 0 aromatic carbocycles. The first-order valence-corrected chi connectivity index (χ1v) is 16.8. The molecule has 2 fully saturated rings. The molecule has 0 aliphatic heterocycles. The molecule has 2 aliphatic carbocycles. The van der Waals surface area contributed by atoms with Crippen LogP contribution in [0.1, 0.15) is 85.0 Å². The lowest BCUT2D eigenvalue weighted by Crippen LogP contribution is -2.46. The lowest BCUT2D eigenvalue weighted by Gasteiger charge is -2.35. The number of fused-ring (bicyclic) bond motifs is 1. The van der Waals surface area contributed by atoms with E-state index < -0.39 is 25.4 Å². The van der Waals surface area contributed by atoms with E-state index in [1.165, 1.54) is 70.5 Å². The topological polar surface area (TPSA) is 52.6 Å². The van der Waals surface area contributed by atoms with Crippen molar-refractivity contribution in [2.24, 2.45) is 23.2 Å². The second-order valence-corrected chi connectivity index (χ2v) is 16.2. The molecule has 2 rings (SSSR count). The van der Waals surface area contributed by atoms with Gasteiger partial charge < -0.3 is 9.47 Å². The highest BCUT2D eigenvalue weighted by Gasteiger charge is 2.63. The molecular formula is C29H50O4Si. The van der Waals surface area contributed by atoms with Crippen LogP contribution in [0.5, 0.6) is 0 Å². The third kappa shape index (κ3) is 6.64. The van der Waals surface area contributed by atoms with E-state index >= 15 is 0 Å². The van der Waals surface area contributed by atoms with Crippen molar-refractivity contribution in [2.75, 3.05) is 14.2 Å². The van der Waals surface area contributed by atoms with E-state index in [-0.39, 0.29) is 11.8 Å². The number of esters is 2. The van der Waals surface area contributed by atoms with E-state index in [0.717, 1.165) is 25.7 Å². The van der Waals surface area contributed by atoms with Crippen LogP contribution in [0.4, 0.5) is 0 Å². The van der Waals surface area contributed by atoms with Gasteiger partial charge in [-0.05, 0) is 68.7 Å². The number of ether oxygens (including phenoxy) is 2. The van der Waals surface area contributed by atoms with Gasteiger partial charge in [0, 0.05) is 0 Å². The summed E-state index contributed by atoms with van der Waals surface area (Å²) >= 11 is 0. The molecule has 194 valence electrons. The van der Waals surface area contributed by atoms with Gasteiger partial charge in [0.05, 0.1) is 22.3 Å². The van der Waals surface area contributed by atoms with E-state index in [0.29, 0.717) is 12.3 Å². The van der Waals surface area contributed by atoms with Gasteiger partial charge in [0.25, 0.3) is 0 Å². The van der Waals surface area contributed by atoms with Crippen molar-refractivity contribution in [3.63, 3.8) is 0 Å². The summed E-state index contributed by atoms with van der Waals surface area (Å²) in [5.74, 6) is -0.142. The van der Waals surface area contributed by atoms with Gasteiger partial charge in [-0.25, -0.2) is 0 Å². The van der Waals surface area contributed by atoms with E-state index in [2.05, 4.69) is 45.1 Å². The molecule has 3 unspecified atom stereocenters. The van der Waals surface area contributed by atoms with Crippen molar-refractivity contribution in [2.45, 2.75) is 109 Å². The predicted molar refractivity (Wildman–Crippen MR) is 143 cm³/mol. The van der Waals surface area contributed by atoms with Crippen molar-refractivity contribution >= 4 is 20.0 Å². The van der Waals surface area contributed by atoms with Gasteiger partial charge in [-0.2, -0.15) is 0 Å². The maximum absolute atomic E-state index is 12.8. The Morgan fingerprint density at radius 2 is 1.44 bits per heavy atom. The maximum atomic E-state index is 12.8. The van der Waals surface area contributed by atoms with Crippen molar-refractivity contribution in [3.05, 3.63) is 24.3 Å². The zero-order valence-corrected chi connectivity index (χ0v) is 23.6. The largest absolute Gasteiger partial charge is 0.468 e. The van der Waals surface area contributed by atoms with Crippen LogP contribution in [0.15, 0.2) is 24.3 Å². The van der Waals surface area contributed by atoms with Crippen molar-refractivity contribution in [1.29, 1.82) is 0 Å². The average molecular weight is 491 g/mol. The summed E-state index contributed by atoms with van der Waals surface area (Å²) in [5, 5.41) is 0. The molecule has 0 heterocycles. The SMILES string of the molecule is CC[Si](CC)(CC)C/C=C/CCCCC/C=C\C1CC(C(=O)OC)(C(=O)OC)C2CCCCC12. The Morgan fingerprint density at radius 1 is 0.853 bits per heavy atom. The second-order valence-electron chi connectivity index (χ2n) is 10.7. The van der Waals surface area contributed by atoms with Gasteiger partial charge in [0.2, 0.25) is 0 Å². The van der Waals surface area contributed by atoms with Crippen LogP contribution in [0.3, 0.4) is 0 Å². The number of carbonyl (C=O) groups excluding carboxylic acids is 2. The molecule has 2 aliphatic rings. The van der Waals surface area contributed by atoms with Crippen molar-refractivity contribution < 1.29 is 19.1 Å². The van der Waals surface area contributed by atoms with Gasteiger partial charge in [0.1, 0.15) is 0 Å². The van der Waals surface area contributed by atoms with E-state index in [1.54, 1.807) is 0 Å². The fourth-order valence-corrected chi connectivity index (χ4v) is 9.73. The molecule has 5 heteroatoms. The number of hydrogen-bond donors (Lipinski definition) is 0. The summed E-state index contributed by atoms with van der Waals surface area (Å²) in [7, 11) is 1.76. The third-order valence-corrected chi connectivity index (χ3v) is 14.9. The zero-order valence-electron chi connectivity index (χ0n) is 22.6. The van der Waals surface area contributed by atoms with Crippen LogP contribution in [-0.4, -0.2) is 34.2 Å². The standard InChI is InChI=1S/C29H50O4Si/c1-6-34(7-2,8-3)22-18-14-12-10-9-11-13-15-19-24-23-29(27(30)32-4,28(31)33-5)26-21-17-16-20-25(24)26/h14-15,18-19,24-26H,6-13,16-17,20-23H2,1-5H3/b18-14+,19-15-. The molecule has 0 N–H and O–H groups in total. The zero-order chi connectivity index (χ0) is 25.0. The normalized spacial score (nSPS) is 24.4. The summed E-state index contributed by atoms with van der Waals surface area (Å²) in [6.45, 7) is 7.14. The Hall–Kier alpha value is -1.36. The van der Waals surface area contributed by atoms with Gasteiger partial charge in [-0.3, -0.25) is 9.59 Å². The quantitative estimate of drug-likeness (QED) is 0.0822. The van der Waals surface area contributed by atoms with Crippen LogP contribution >= 0.6 is 0 Å². The minimum absolute atomic E-state index is 0.0394. The Balaban J connectivity index is 1.82. The highest BCUT2D eigenvalue weighted by atomic mass is 28.3. The molecule has 4 nitrogen and oxygen atoms in total. The number of carbonyl (C=O) groups is 2. The molecule has 0 radical (unpaired) electrons. The Labute approximate surface area is 209 Å². The van der Waals surface area contributed by atoms with Crippen LogP contribution in [0.25, 0.3) is 0 Å². The fraction of sp³-hybridized carbons (Fsp3) is 0.793. The van der Waals surface area contributed by atoms with Gasteiger partial charge in [-0.15, -0.1) is 0 Å². The summed E-state index contributed by atoms with van der Waals surface area (Å²) in [5.41, 5.74) is -1.12. The number of allylic oxidation sites excluding steroid dienone is 4. The molecule has 0 aromatic heterocycles. The van der Waals surface area contributed by atoms with E-state index in [1.807, 2.05) is 0 Å². The van der Waals surface area contributed by atoms with Crippen LogP contribution in [0.2, 0.25) is 24.2 Å². The highest BCUT2D eigenvalue weighted by Crippen LogP contribution is 2.57. The van der Waals surface area contributed by atoms with E-state index in [4.69, 9.17) is 9.47 Å². The summed E-state index contributed by atoms with van der Waals surface area (Å²) < 4.78 is 10.3. The van der Waals surface area contributed by atoms with E-state index in [9.17, 15) is 9.59 Å². The highest BCUT2D eigenvalue weighted by molar-refractivity contribution is 6.80. The minimum Gasteiger partial charge on any atom is -0.468 e. The predicted octanol–water partition coefficient (Wildman–Crippen LogP) is 7.72. The average Bonchev–Trinajstić information content (AvgIpc) is 3.22. The third-order valence-electron chi connectivity index (χ3n) is 9.25. The first-order valence-electron chi connectivity index (χ1n) is 13.9. The van der Waals surface area contributed by atoms with Gasteiger partial charge in [0.15, 0.2) is 5.41 Å². The fourth-order valence-electron chi connectivity index (χ4n) is 6.69. The number of rotatable bonds is 14. The lowest BCUT2D eigenvalue weighted by molar-refractivity contribution is -0.173. The molecule has 0 bridgehead atoms. The Morgan fingerprint density at radius 3 is 2.03 bits per heavy atom. The molecule has 0 spiro atoms. The molecule has 0 amide bonds. The minimum atomic E-state index is -1.12. The van der Waals surface area contributed by atoms with Crippen LogP contribution < -0.4 is 0 Å². The second kappa shape index (κ2) is 14.3. The lowest BCUT2D eigenvalue weighted by atomic mass is 9.69. The maximum Gasteiger partial charge on any atom is 0.323 e. The molecule has 0 aromatic rings. The molecule has 2 saturated carbocycles. The summed E-state index contributed by atoms with van der Waals surface area (Å²) in [4.78, 5) is 25.6. The van der Waals surface area contributed by atoms with Crippen LogP contribution in [0, 0.1) is 23.2 Å². The Bertz CT molecular complexity index is 670. The van der Waals surface area contributed by atoms with Crippen molar-refractivity contribution in [1.82, 2.24) is 0 Å². The first kappa shape index (κ1) is 28.9. The summed E-state index contributed by atoms with van der Waals surface area (Å²) in [6.07, 6.45) is 20.2. The smallest absolute Gasteiger partial charge is 0.323 e. The number of hydrogen-bond acceptors (Lipinski definition) is 4. The van der Waals surface area contributed by atoms with Crippen LogP contribution in [-0.2, 0) is 19.1 Å². The van der Waals surface area contributed by atoms with Gasteiger partial charge in [-0.1, -0.05) is 82.5 Å². The van der Waals surface area contributed by atoms with Crippen molar-refractivity contribution in [3.8, 4) is 0 Å². The molecule has 3 atom stereocenters. The van der Waals surface area contributed by atoms with Gasteiger partial charge >= 0.3 is 11.9 Å². The first-order chi connectivity index (χ1) is 16.4. The Kier molecular flexibility index (Phi) is 12.1. The number of methoxy groups -OCH3 is 2. The molecule has 0 saturated heterocycles. The molecule has 34 heavy (non-hydrogen) atoms. The summed E-state index contributed by atoms with van der Waals surface area (Å²) in [6, 6.07) is 5.56. The monoisotopic (exact) mass is 490 g/mol. The molecular weight excluding hydrogens is 440 g/mol. The number of unbranched alkanes of at least 4 members (excludes halogenated alkanes) is 4.